The van der Waals surface area contributed by atoms with Crippen molar-refractivity contribution in [2.24, 2.45) is 0 Å². The Hall–Kier alpha value is -2.23. The van der Waals surface area contributed by atoms with Gasteiger partial charge in [0.2, 0.25) is 0 Å². The third-order valence-electron chi connectivity index (χ3n) is 2.80. The van der Waals surface area contributed by atoms with Gasteiger partial charge in [-0.3, -0.25) is 4.79 Å². The average Bonchev–Trinajstić information content (AvgIpc) is 2.39. The standard InChI is InChI=1S/C16H14F2O2/c1-3-20-15-5-4-10(2)6-14(15)16(19)11-7-12(17)9-13(18)8-11/h4-9H,3H2,1-2H3. The summed E-state index contributed by atoms with van der Waals surface area (Å²) in [6, 6.07) is 7.91. The zero-order valence-corrected chi connectivity index (χ0v) is 11.2. The van der Waals surface area contributed by atoms with Crippen LogP contribution in [0.5, 0.6) is 5.75 Å². The molecule has 0 unspecified atom stereocenters. The van der Waals surface area contributed by atoms with Crippen LogP contribution in [-0.4, -0.2) is 12.4 Å². The van der Waals surface area contributed by atoms with E-state index >= 15 is 0 Å². The Morgan fingerprint density at radius 1 is 1.10 bits per heavy atom. The molecule has 0 amide bonds. The largest absolute Gasteiger partial charge is 0.493 e. The topological polar surface area (TPSA) is 26.3 Å². The number of benzene rings is 2. The number of rotatable bonds is 4. The van der Waals surface area contributed by atoms with Crippen molar-refractivity contribution in [3.8, 4) is 5.75 Å². The Morgan fingerprint density at radius 2 is 1.75 bits per heavy atom. The molecule has 0 atom stereocenters. The third-order valence-corrected chi connectivity index (χ3v) is 2.80. The van der Waals surface area contributed by atoms with Gasteiger partial charge in [-0.05, 0) is 38.1 Å². The van der Waals surface area contributed by atoms with Crippen molar-refractivity contribution >= 4 is 5.78 Å². The van der Waals surface area contributed by atoms with Crippen LogP contribution in [0.1, 0.15) is 28.4 Å². The van der Waals surface area contributed by atoms with E-state index in [1.165, 1.54) is 0 Å². The Kier molecular flexibility index (Phi) is 4.13. The smallest absolute Gasteiger partial charge is 0.196 e. The number of ether oxygens (including phenoxy) is 1. The SMILES string of the molecule is CCOc1ccc(C)cc1C(=O)c1cc(F)cc(F)c1. The van der Waals surface area contributed by atoms with Gasteiger partial charge >= 0.3 is 0 Å². The Labute approximate surface area is 116 Å². The van der Waals surface area contributed by atoms with Gasteiger partial charge in [-0.1, -0.05) is 11.6 Å². The minimum atomic E-state index is -0.779. The summed E-state index contributed by atoms with van der Waals surface area (Å²) >= 11 is 0. The molecule has 0 aromatic heterocycles. The average molecular weight is 276 g/mol. The Morgan fingerprint density at radius 3 is 2.35 bits per heavy atom. The lowest BCUT2D eigenvalue weighted by atomic mass is 10.0. The summed E-state index contributed by atoms with van der Waals surface area (Å²) in [5.74, 6) is -1.61. The van der Waals surface area contributed by atoms with Crippen LogP contribution >= 0.6 is 0 Å². The molecule has 20 heavy (non-hydrogen) atoms. The Bertz CT molecular complexity index is 631. The normalized spacial score (nSPS) is 10.4. The molecule has 0 N–H and O–H groups in total. The van der Waals surface area contributed by atoms with Gasteiger partial charge in [-0.15, -0.1) is 0 Å². The zero-order chi connectivity index (χ0) is 14.7. The fourth-order valence-electron chi connectivity index (χ4n) is 1.94. The van der Waals surface area contributed by atoms with Gasteiger partial charge in [0.25, 0.3) is 0 Å². The molecule has 2 aromatic carbocycles. The van der Waals surface area contributed by atoms with E-state index in [0.717, 1.165) is 23.8 Å². The van der Waals surface area contributed by atoms with E-state index in [0.29, 0.717) is 17.9 Å². The highest BCUT2D eigenvalue weighted by Crippen LogP contribution is 2.24. The van der Waals surface area contributed by atoms with E-state index in [2.05, 4.69) is 0 Å². The highest BCUT2D eigenvalue weighted by molar-refractivity contribution is 6.10. The number of aryl methyl sites for hydroxylation is 1. The fourth-order valence-corrected chi connectivity index (χ4v) is 1.94. The molecule has 4 heteroatoms. The van der Waals surface area contributed by atoms with Gasteiger partial charge < -0.3 is 4.74 Å². The summed E-state index contributed by atoms with van der Waals surface area (Å²) in [6.07, 6.45) is 0. The second-order valence-electron chi connectivity index (χ2n) is 4.42. The van der Waals surface area contributed by atoms with Crippen molar-refractivity contribution in [3.05, 3.63) is 64.7 Å². The maximum absolute atomic E-state index is 13.2. The lowest BCUT2D eigenvalue weighted by Gasteiger charge is -2.10. The molecule has 0 bridgehead atoms. The summed E-state index contributed by atoms with van der Waals surface area (Å²) in [4.78, 5) is 12.4. The van der Waals surface area contributed by atoms with Crippen LogP contribution in [0.3, 0.4) is 0 Å². The van der Waals surface area contributed by atoms with Crippen molar-refractivity contribution < 1.29 is 18.3 Å². The summed E-state index contributed by atoms with van der Waals surface area (Å²) in [6.45, 7) is 4.04. The third kappa shape index (κ3) is 3.02. The molecule has 0 saturated carbocycles. The first-order chi connectivity index (χ1) is 9.51. The fraction of sp³-hybridized carbons (Fsp3) is 0.188. The molecule has 0 aliphatic carbocycles. The van der Waals surface area contributed by atoms with Gasteiger partial charge in [0.15, 0.2) is 5.78 Å². The predicted octanol–water partition coefficient (Wildman–Crippen LogP) is 3.90. The molecular formula is C16H14F2O2. The van der Waals surface area contributed by atoms with E-state index in [4.69, 9.17) is 4.74 Å². The number of hydrogen-bond acceptors (Lipinski definition) is 2. The maximum Gasteiger partial charge on any atom is 0.196 e. The first-order valence-electron chi connectivity index (χ1n) is 6.25. The molecule has 0 heterocycles. The summed E-state index contributed by atoms with van der Waals surface area (Å²) < 4.78 is 31.8. The van der Waals surface area contributed by atoms with Crippen molar-refractivity contribution in [1.29, 1.82) is 0 Å². The van der Waals surface area contributed by atoms with Crippen LogP contribution in [0.2, 0.25) is 0 Å². The molecule has 0 radical (unpaired) electrons. The quantitative estimate of drug-likeness (QED) is 0.792. The predicted molar refractivity (Wildman–Crippen MR) is 72.1 cm³/mol. The molecule has 2 aromatic rings. The Balaban J connectivity index is 2.49. The van der Waals surface area contributed by atoms with Crippen molar-refractivity contribution in [2.75, 3.05) is 6.61 Å². The minimum Gasteiger partial charge on any atom is -0.493 e. The van der Waals surface area contributed by atoms with Gasteiger partial charge in [0.05, 0.1) is 12.2 Å². The molecule has 0 spiro atoms. The van der Waals surface area contributed by atoms with E-state index in [1.54, 1.807) is 19.1 Å². The van der Waals surface area contributed by atoms with E-state index in [1.807, 2.05) is 13.0 Å². The molecule has 0 aliphatic rings. The monoisotopic (exact) mass is 276 g/mol. The number of carbonyl (C=O) groups excluding carboxylic acids is 1. The molecule has 2 rings (SSSR count). The van der Waals surface area contributed by atoms with Gasteiger partial charge in [0, 0.05) is 11.6 Å². The summed E-state index contributed by atoms with van der Waals surface area (Å²) in [5, 5.41) is 0. The minimum absolute atomic E-state index is 0.0333. The van der Waals surface area contributed by atoms with E-state index in [9.17, 15) is 13.6 Å². The first-order valence-corrected chi connectivity index (χ1v) is 6.25. The van der Waals surface area contributed by atoms with Gasteiger partial charge in [-0.2, -0.15) is 0 Å². The summed E-state index contributed by atoms with van der Waals surface area (Å²) in [5.41, 5.74) is 1.14. The van der Waals surface area contributed by atoms with Gasteiger partial charge in [-0.25, -0.2) is 8.78 Å². The lowest BCUT2D eigenvalue weighted by Crippen LogP contribution is -2.07. The van der Waals surface area contributed by atoms with Crippen LogP contribution in [0.4, 0.5) is 8.78 Å². The lowest BCUT2D eigenvalue weighted by molar-refractivity contribution is 0.103. The number of hydrogen-bond donors (Lipinski definition) is 0. The highest BCUT2D eigenvalue weighted by Gasteiger charge is 2.16. The van der Waals surface area contributed by atoms with Crippen LogP contribution in [0.15, 0.2) is 36.4 Å². The van der Waals surface area contributed by atoms with E-state index in [-0.39, 0.29) is 5.56 Å². The molecule has 0 fully saturated rings. The molecule has 0 aliphatic heterocycles. The summed E-state index contributed by atoms with van der Waals surface area (Å²) in [7, 11) is 0. The van der Waals surface area contributed by atoms with Crippen LogP contribution in [0.25, 0.3) is 0 Å². The molecular weight excluding hydrogens is 262 g/mol. The van der Waals surface area contributed by atoms with Crippen molar-refractivity contribution in [2.45, 2.75) is 13.8 Å². The first kappa shape index (κ1) is 14.2. The van der Waals surface area contributed by atoms with E-state index < -0.39 is 17.4 Å². The number of carbonyl (C=O) groups is 1. The molecule has 2 nitrogen and oxygen atoms in total. The van der Waals surface area contributed by atoms with Crippen molar-refractivity contribution in [3.63, 3.8) is 0 Å². The second-order valence-corrected chi connectivity index (χ2v) is 4.42. The maximum atomic E-state index is 13.2. The number of halogens is 2. The number of ketones is 1. The molecule has 0 saturated heterocycles. The van der Waals surface area contributed by atoms with Crippen LogP contribution < -0.4 is 4.74 Å². The highest BCUT2D eigenvalue weighted by atomic mass is 19.1. The van der Waals surface area contributed by atoms with Gasteiger partial charge in [0.1, 0.15) is 17.4 Å². The zero-order valence-electron chi connectivity index (χ0n) is 11.2. The van der Waals surface area contributed by atoms with Crippen LogP contribution in [0, 0.1) is 18.6 Å². The van der Waals surface area contributed by atoms with Crippen LogP contribution in [-0.2, 0) is 0 Å². The molecule has 104 valence electrons. The van der Waals surface area contributed by atoms with Crippen molar-refractivity contribution in [1.82, 2.24) is 0 Å². The second kappa shape index (κ2) is 5.82.